The van der Waals surface area contributed by atoms with E-state index in [1.165, 1.54) is 37.4 Å². The summed E-state index contributed by atoms with van der Waals surface area (Å²) in [4.78, 5) is 22.7. The molecular formula is C22H22N2O7S. The molecule has 9 nitrogen and oxygen atoms in total. The fourth-order valence-electron chi connectivity index (χ4n) is 3.38. The van der Waals surface area contributed by atoms with Crippen molar-refractivity contribution in [3.63, 3.8) is 0 Å². The van der Waals surface area contributed by atoms with Crippen LogP contribution >= 0.6 is 0 Å². The van der Waals surface area contributed by atoms with E-state index in [1.54, 1.807) is 37.3 Å². The van der Waals surface area contributed by atoms with Gasteiger partial charge in [0.2, 0.25) is 10.0 Å². The minimum Gasteiger partial charge on any atom is -0.496 e. The molecule has 1 N–H and O–H groups in total. The lowest BCUT2D eigenvalue weighted by Crippen LogP contribution is -2.31. The van der Waals surface area contributed by atoms with Gasteiger partial charge in [-0.15, -0.1) is 0 Å². The van der Waals surface area contributed by atoms with Crippen molar-refractivity contribution in [3.05, 3.63) is 76.3 Å². The minimum atomic E-state index is -4.14. The van der Waals surface area contributed by atoms with Gasteiger partial charge in [-0.2, -0.15) is 0 Å². The van der Waals surface area contributed by atoms with Crippen molar-refractivity contribution in [2.45, 2.75) is 24.3 Å². The van der Waals surface area contributed by atoms with Crippen LogP contribution in [0.3, 0.4) is 0 Å². The van der Waals surface area contributed by atoms with Gasteiger partial charge in [0, 0.05) is 22.9 Å². The number of methoxy groups -OCH3 is 1. The van der Waals surface area contributed by atoms with Crippen LogP contribution in [-0.2, 0) is 19.6 Å². The summed E-state index contributed by atoms with van der Waals surface area (Å²) in [5, 5.41) is 12.2. The third-order valence-electron chi connectivity index (χ3n) is 4.81. The van der Waals surface area contributed by atoms with Crippen LogP contribution in [0.1, 0.15) is 24.9 Å². The number of fused-ring (bicyclic) bond motifs is 1. The Bertz CT molecular complexity index is 1260. The maximum atomic E-state index is 13.3. The van der Waals surface area contributed by atoms with E-state index in [9.17, 15) is 23.3 Å². The molecule has 0 saturated carbocycles. The Hall–Kier alpha value is -3.50. The average molecular weight is 458 g/mol. The average Bonchev–Trinajstić information content (AvgIpc) is 2.78. The lowest BCUT2D eigenvalue weighted by Gasteiger charge is -2.19. The topological polar surface area (TPSA) is 125 Å². The Balaban J connectivity index is 2.05. The second kappa shape index (κ2) is 9.75. The van der Waals surface area contributed by atoms with Gasteiger partial charge >= 0.3 is 5.97 Å². The molecule has 0 radical (unpaired) electrons. The Kier molecular flexibility index (Phi) is 7.06. The zero-order valence-corrected chi connectivity index (χ0v) is 18.3. The first-order valence-corrected chi connectivity index (χ1v) is 11.2. The molecule has 0 amide bonds. The highest BCUT2D eigenvalue weighted by atomic mass is 32.2. The number of sulfonamides is 1. The molecule has 0 aliphatic heterocycles. The van der Waals surface area contributed by atoms with Crippen molar-refractivity contribution in [3.8, 4) is 5.75 Å². The molecule has 3 aromatic carbocycles. The number of ether oxygens (including phenoxy) is 2. The molecule has 168 valence electrons. The zero-order chi connectivity index (χ0) is 23.3. The van der Waals surface area contributed by atoms with Gasteiger partial charge in [-0.1, -0.05) is 36.4 Å². The van der Waals surface area contributed by atoms with Crippen LogP contribution in [0.2, 0.25) is 0 Å². The number of nitro groups is 1. The predicted octanol–water partition coefficient (Wildman–Crippen LogP) is 3.73. The Morgan fingerprint density at radius 3 is 2.47 bits per heavy atom. The molecular weight excluding hydrogens is 436 g/mol. The van der Waals surface area contributed by atoms with Gasteiger partial charge in [-0.05, 0) is 24.6 Å². The number of hydrogen-bond acceptors (Lipinski definition) is 7. The number of nitrogens with zero attached hydrogens (tertiary/aromatic N) is 1. The van der Waals surface area contributed by atoms with Gasteiger partial charge in [-0.25, -0.2) is 13.1 Å². The molecule has 1 atom stereocenters. The molecule has 0 heterocycles. The highest BCUT2D eigenvalue weighted by Gasteiger charge is 2.27. The molecule has 10 heteroatoms. The number of nitro benzene ring substituents is 1. The first-order chi connectivity index (χ1) is 15.3. The molecule has 0 saturated heterocycles. The maximum Gasteiger partial charge on any atom is 0.307 e. The van der Waals surface area contributed by atoms with Crippen LogP contribution in [-0.4, -0.2) is 33.0 Å². The molecule has 0 aromatic heterocycles. The molecule has 32 heavy (non-hydrogen) atoms. The summed E-state index contributed by atoms with van der Waals surface area (Å²) in [5.74, 6) is -0.118. The summed E-state index contributed by atoms with van der Waals surface area (Å²) in [6.45, 7) is 1.75. The van der Waals surface area contributed by atoms with E-state index in [1.807, 2.05) is 0 Å². The van der Waals surface area contributed by atoms with Gasteiger partial charge in [0.25, 0.3) is 5.69 Å². The Morgan fingerprint density at radius 2 is 1.81 bits per heavy atom. The van der Waals surface area contributed by atoms with E-state index < -0.39 is 27.0 Å². The molecule has 3 rings (SSSR count). The molecule has 0 fully saturated rings. The highest BCUT2D eigenvalue weighted by Crippen LogP contribution is 2.32. The quantitative estimate of drug-likeness (QED) is 0.294. The fraction of sp³-hybridized carbons (Fsp3) is 0.227. The summed E-state index contributed by atoms with van der Waals surface area (Å²) in [7, 11) is -2.64. The molecule has 0 bridgehead atoms. The van der Waals surface area contributed by atoms with Crippen molar-refractivity contribution in [1.82, 2.24) is 4.72 Å². The van der Waals surface area contributed by atoms with E-state index in [2.05, 4.69) is 4.72 Å². The Labute approximate surface area is 185 Å². The first-order valence-electron chi connectivity index (χ1n) is 9.75. The van der Waals surface area contributed by atoms with Gasteiger partial charge < -0.3 is 9.47 Å². The van der Waals surface area contributed by atoms with Crippen molar-refractivity contribution < 1.29 is 27.6 Å². The van der Waals surface area contributed by atoms with Crippen LogP contribution in [0.25, 0.3) is 10.8 Å². The van der Waals surface area contributed by atoms with Gasteiger partial charge in [0.15, 0.2) is 0 Å². The van der Waals surface area contributed by atoms with Crippen LogP contribution in [0.4, 0.5) is 5.69 Å². The normalized spacial score (nSPS) is 12.3. The molecule has 0 aliphatic carbocycles. The second-order valence-corrected chi connectivity index (χ2v) is 8.53. The van der Waals surface area contributed by atoms with Crippen molar-refractivity contribution in [2.24, 2.45) is 0 Å². The number of esters is 1. The summed E-state index contributed by atoms with van der Waals surface area (Å²) in [5.41, 5.74) is 0.0547. The van der Waals surface area contributed by atoms with Gasteiger partial charge in [0.05, 0.1) is 36.0 Å². The Morgan fingerprint density at radius 1 is 1.09 bits per heavy atom. The third-order valence-corrected chi connectivity index (χ3v) is 6.34. The fourth-order valence-corrected chi connectivity index (χ4v) is 4.81. The zero-order valence-electron chi connectivity index (χ0n) is 17.5. The van der Waals surface area contributed by atoms with Crippen LogP contribution < -0.4 is 9.46 Å². The minimum absolute atomic E-state index is 0.00631. The van der Waals surface area contributed by atoms with Crippen LogP contribution in [0.15, 0.2) is 65.6 Å². The number of rotatable bonds is 9. The van der Waals surface area contributed by atoms with Crippen molar-refractivity contribution in [2.75, 3.05) is 13.7 Å². The standard InChI is InChI=1S/C22H22N2O7S/c1-3-31-22(25)14-19(15-7-6-8-16(13-15)24(26)27)23-32(28,29)21-12-11-20(30-2)17-9-4-5-10-18(17)21/h4-13,19,23H,3,14H2,1-2H3. The van der Waals surface area contributed by atoms with Crippen LogP contribution in [0.5, 0.6) is 5.75 Å². The highest BCUT2D eigenvalue weighted by molar-refractivity contribution is 7.89. The van der Waals surface area contributed by atoms with E-state index in [-0.39, 0.29) is 29.2 Å². The van der Waals surface area contributed by atoms with E-state index in [4.69, 9.17) is 9.47 Å². The summed E-state index contributed by atoms with van der Waals surface area (Å²) in [6, 6.07) is 14.2. The first kappa shape index (κ1) is 23.2. The molecule has 1 unspecified atom stereocenters. The number of hydrogen-bond donors (Lipinski definition) is 1. The number of nitrogens with one attached hydrogen (secondary N) is 1. The molecule has 0 spiro atoms. The second-order valence-electron chi connectivity index (χ2n) is 6.85. The van der Waals surface area contributed by atoms with Crippen molar-refractivity contribution >= 4 is 32.5 Å². The maximum absolute atomic E-state index is 13.3. The largest absolute Gasteiger partial charge is 0.496 e. The summed E-state index contributed by atoms with van der Waals surface area (Å²) >= 11 is 0. The van der Waals surface area contributed by atoms with E-state index >= 15 is 0 Å². The van der Waals surface area contributed by atoms with E-state index in [0.717, 1.165) is 0 Å². The van der Waals surface area contributed by atoms with Gasteiger partial charge in [-0.3, -0.25) is 14.9 Å². The van der Waals surface area contributed by atoms with Crippen LogP contribution in [0, 0.1) is 10.1 Å². The smallest absolute Gasteiger partial charge is 0.307 e. The summed E-state index contributed by atoms with van der Waals surface area (Å²) < 4.78 is 39.5. The molecule has 3 aromatic rings. The predicted molar refractivity (Wildman–Crippen MR) is 118 cm³/mol. The number of carbonyl (C=O) groups is 1. The van der Waals surface area contributed by atoms with E-state index in [0.29, 0.717) is 16.5 Å². The lowest BCUT2D eigenvalue weighted by atomic mass is 10.0. The lowest BCUT2D eigenvalue weighted by molar-refractivity contribution is -0.384. The van der Waals surface area contributed by atoms with Gasteiger partial charge in [0.1, 0.15) is 5.75 Å². The number of carbonyl (C=O) groups excluding carboxylic acids is 1. The number of benzene rings is 3. The molecule has 0 aliphatic rings. The third kappa shape index (κ3) is 5.04. The monoisotopic (exact) mass is 458 g/mol. The SMILES string of the molecule is CCOC(=O)CC(NS(=O)(=O)c1ccc(OC)c2ccccc12)c1cccc([N+](=O)[O-])c1. The van der Waals surface area contributed by atoms with Crippen molar-refractivity contribution in [1.29, 1.82) is 0 Å². The number of non-ortho nitro benzene ring substituents is 1. The summed E-state index contributed by atoms with van der Waals surface area (Å²) in [6.07, 6.45) is -0.331.